The van der Waals surface area contributed by atoms with Crippen LogP contribution in [0.3, 0.4) is 0 Å². The van der Waals surface area contributed by atoms with Gasteiger partial charge in [-0.15, -0.1) is 12.4 Å². The zero-order chi connectivity index (χ0) is 17.9. The third kappa shape index (κ3) is 5.38. The molecule has 2 unspecified atom stereocenters. The predicted octanol–water partition coefficient (Wildman–Crippen LogP) is 1.76. The van der Waals surface area contributed by atoms with E-state index in [1.165, 1.54) is 0 Å². The summed E-state index contributed by atoms with van der Waals surface area (Å²) in [6.07, 6.45) is 1.31. The van der Waals surface area contributed by atoms with Crippen molar-refractivity contribution >= 4 is 24.2 Å². The van der Waals surface area contributed by atoms with Crippen LogP contribution in [0, 0.1) is 0 Å². The predicted molar refractivity (Wildman–Crippen MR) is 96.5 cm³/mol. The van der Waals surface area contributed by atoms with Crippen molar-refractivity contribution in [2.75, 3.05) is 19.6 Å². The number of nitrogens with zero attached hydrogens (tertiary/aromatic N) is 1. The van der Waals surface area contributed by atoms with Crippen LogP contribution in [0.1, 0.15) is 24.8 Å². The molecule has 5 nitrogen and oxygen atoms in total. The van der Waals surface area contributed by atoms with Gasteiger partial charge in [0.1, 0.15) is 0 Å². The number of rotatable bonds is 5. The van der Waals surface area contributed by atoms with Crippen LogP contribution in [0.4, 0.5) is 8.78 Å². The van der Waals surface area contributed by atoms with Gasteiger partial charge in [-0.2, -0.15) is 0 Å². The minimum atomic E-state index is -2.82. The van der Waals surface area contributed by atoms with E-state index in [4.69, 9.17) is 0 Å². The fraction of sp³-hybridized carbons (Fsp3) is 0.556. The molecule has 1 aromatic carbocycles. The Balaban J connectivity index is 0.00000243. The van der Waals surface area contributed by atoms with Crippen LogP contribution >= 0.6 is 12.4 Å². The van der Waals surface area contributed by atoms with Crippen molar-refractivity contribution < 1.29 is 18.4 Å². The van der Waals surface area contributed by atoms with E-state index in [0.717, 1.165) is 5.56 Å². The van der Waals surface area contributed by atoms with Gasteiger partial charge < -0.3 is 10.2 Å². The lowest BCUT2D eigenvalue weighted by Gasteiger charge is -2.18. The van der Waals surface area contributed by atoms with E-state index in [2.05, 4.69) is 10.6 Å². The fourth-order valence-corrected chi connectivity index (χ4v) is 3.36. The van der Waals surface area contributed by atoms with Crippen molar-refractivity contribution in [1.82, 2.24) is 15.5 Å². The highest BCUT2D eigenvalue weighted by Crippen LogP contribution is 2.25. The molecule has 1 aromatic rings. The summed E-state index contributed by atoms with van der Waals surface area (Å²) in [5.41, 5.74) is 1.12. The number of alkyl halides is 2. The van der Waals surface area contributed by atoms with Gasteiger partial charge in [0.2, 0.25) is 11.8 Å². The SMILES string of the molecule is Cl.O=C(NC1CCN(C(=O)CCc2ccccc2)C1)C1CC(F)(F)CN1. The lowest BCUT2D eigenvalue weighted by atomic mass is 10.1. The minimum Gasteiger partial charge on any atom is -0.350 e. The molecule has 2 aliphatic heterocycles. The van der Waals surface area contributed by atoms with Crippen LogP contribution in [-0.2, 0) is 16.0 Å². The van der Waals surface area contributed by atoms with Gasteiger partial charge >= 0.3 is 0 Å². The Kier molecular flexibility index (Phi) is 6.94. The summed E-state index contributed by atoms with van der Waals surface area (Å²) in [7, 11) is 0. The van der Waals surface area contributed by atoms with Gasteiger partial charge in [0.15, 0.2) is 0 Å². The van der Waals surface area contributed by atoms with Gasteiger partial charge in [0.05, 0.1) is 12.6 Å². The number of hydrogen-bond donors (Lipinski definition) is 2. The average Bonchev–Trinajstić information content (AvgIpc) is 3.20. The number of carbonyl (C=O) groups excluding carboxylic acids is 2. The number of aryl methyl sites for hydroxylation is 1. The van der Waals surface area contributed by atoms with E-state index >= 15 is 0 Å². The van der Waals surface area contributed by atoms with E-state index in [9.17, 15) is 18.4 Å². The third-order valence-electron chi connectivity index (χ3n) is 4.78. The highest BCUT2D eigenvalue weighted by Gasteiger charge is 2.43. The lowest BCUT2D eigenvalue weighted by molar-refractivity contribution is -0.130. The van der Waals surface area contributed by atoms with Crippen LogP contribution < -0.4 is 10.6 Å². The van der Waals surface area contributed by atoms with Crippen molar-refractivity contribution in [2.24, 2.45) is 0 Å². The molecular formula is C18H24ClF2N3O2. The highest BCUT2D eigenvalue weighted by molar-refractivity contribution is 5.85. The zero-order valence-electron chi connectivity index (χ0n) is 14.4. The first-order valence-electron chi connectivity index (χ1n) is 8.66. The molecule has 0 bridgehead atoms. The Morgan fingerprint density at radius 1 is 1.27 bits per heavy atom. The molecule has 3 rings (SSSR count). The third-order valence-corrected chi connectivity index (χ3v) is 4.78. The van der Waals surface area contributed by atoms with Gasteiger partial charge in [-0.25, -0.2) is 8.78 Å². The Morgan fingerprint density at radius 3 is 2.65 bits per heavy atom. The molecule has 0 saturated carbocycles. The molecule has 8 heteroatoms. The maximum Gasteiger partial charge on any atom is 0.262 e. The number of halogens is 3. The van der Waals surface area contributed by atoms with Gasteiger partial charge in [0, 0.05) is 32.0 Å². The Hall–Kier alpha value is -1.73. The summed E-state index contributed by atoms with van der Waals surface area (Å²) in [5, 5.41) is 5.34. The van der Waals surface area contributed by atoms with Gasteiger partial charge in [-0.05, 0) is 18.4 Å². The average molecular weight is 388 g/mol. The summed E-state index contributed by atoms with van der Waals surface area (Å²) in [5.74, 6) is -3.16. The van der Waals surface area contributed by atoms with E-state index in [-0.39, 0.29) is 24.4 Å². The maximum absolute atomic E-state index is 13.2. The zero-order valence-corrected chi connectivity index (χ0v) is 15.2. The Bertz CT molecular complexity index is 630. The molecule has 2 saturated heterocycles. The van der Waals surface area contributed by atoms with E-state index < -0.39 is 30.8 Å². The standard InChI is InChI=1S/C18H23F2N3O2.ClH/c19-18(20)10-15(21-12-18)17(25)22-14-8-9-23(11-14)16(24)7-6-13-4-2-1-3-5-13;/h1-5,14-15,21H,6-12H2,(H,22,25);1H. The van der Waals surface area contributed by atoms with Crippen molar-refractivity contribution in [1.29, 1.82) is 0 Å². The summed E-state index contributed by atoms with van der Waals surface area (Å²) in [4.78, 5) is 26.1. The lowest BCUT2D eigenvalue weighted by Crippen LogP contribution is -2.46. The van der Waals surface area contributed by atoms with Crippen LogP contribution in [0.5, 0.6) is 0 Å². The molecule has 2 N–H and O–H groups in total. The van der Waals surface area contributed by atoms with Crippen molar-refractivity contribution in [2.45, 2.75) is 43.7 Å². The molecule has 0 aromatic heterocycles. The molecule has 144 valence electrons. The summed E-state index contributed by atoms with van der Waals surface area (Å²) >= 11 is 0. The number of amides is 2. The molecule has 2 atom stereocenters. The topological polar surface area (TPSA) is 61.4 Å². The maximum atomic E-state index is 13.2. The number of likely N-dealkylation sites (tertiary alicyclic amines) is 1. The highest BCUT2D eigenvalue weighted by atomic mass is 35.5. The number of nitrogens with one attached hydrogen (secondary N) is 2. The summed E-state index contributed by atoms with van der Waals surface area (Å²) < 4.78 is 26.3. The molecule has 0 radical (unpaired) electrons. The molecule has 0 aliphatic carbocycles. The van der Waals surface area contributed by atoms with Crippen LogP contribution in [0.25, 0.3) is 0 Å². The second-order valence-electron chi connectivity index (χ2n) is 6.81. The first kappa shape index (κ1) is 20.6. The van der Waals surface area contributed by atoms with Crippen molar-refractivity contribution in [3.63, 3.8) is 0 Å². The molecule has 2 aliphatic rings. The van der Waals surface area contributed by atoms with Crippen LogP contribution in [0.15, 0.2) is 30.3 Å². The van der Waals surface area contributed by atoms with Gasteiger partial charge in [0.25, 0.3) is 5.92 Å². The van der Waals surface area contributed by atoms with E-state index in [0.29, 0.717) is 32.4 Å². The van der Waals surface area contributed by atoms with Crippen LogP contribution in [0.2, 0.25) is 0 Å². The molecule has 26 heavy (non-hydrogen) atoms. The molecular weight excluding hydrogens is 364 g/mol. The second-order valence-corrected chi connectivity index (χ2v) is 6.81. The number of benzene rings is 1. The Labute approximate surface area is 157 Å². The minimum absolute atomic E-state index is 0. The van der Waals surface area contributed by atoms with Gasteiger partial charge in [-0.1, -0.05) is 30.3 Å². The van der Waals surface area contributed by atoms with E-state index in [1.807, 2.05) is 30.3 Å². The Morgan fingerprint density at radius 2 is 2.00 bits per heavy atom. The monoisotopic (exact) mass is 387 g/mol. The normalized spacial score (nSPS) is 24.2. The molecule has 0 spiro atoms. The first-order valence-corrected chi connectivity index (χ1v) is 8.66. The second kappa shape index (κ2) is 8.77. The van der Waals surface area contributed by atoms with Crippen LogP contribution in [-0.4, -0.2) is 54.4 Å². The molecule has 2 amide bonds. The summed E-state index contributed by atoms with van der Waals surface area (Å²) in [6.45, 7) is 0.579. The first-order chi connectivity index (χ1) is 11.9. The van der Waals surface area contributed by atoms with Crippen molar-refractivity contribution in [3.8, 4) is 0 Å². The molecule has 2 heterocycles. The fourth-order valence-electron chi connectivity index (χ4n) is 3.36. The number of carbonyl (C=O) groups is 2. The number of hydrogen-bond acceptors (Lipinski definition) is 3. The smallest absolute Gasteiger partial charge is 0.262 e. The van der Waals surface area contributed by atoms with Gasteiger partial charge in [-0.3, -0.25) is 14.9 Å². The van der Waals surface area contributed by atoms with E-state index in [1.54, 1.807) is 4.90 Å². The quantitative estimate of drug-likeness (QED) is 0.809. The van der Waals surface area contributed by atoms with Crippen molar-refractivity contribution in [3.05, 3.63) is 35.9 Å². The summed E-state index contributed by atoms with van der Waals surface area (Å²) in [6, 6.07) is 8.80. The largest absolute Gasteiger partial charge is 0.350 e. The molecule has 2 fully saturated rings.